The van der Waals surface area contributed by atoms with Crippen LogP contribution in [-0.4, -0.2) is 17.9 Å². The third kappa shape index (κ3) is 3.55. The lowest BCUT2D eigenvalue weighted by Crippen LogP contribution is -2.01. The van der Waals surface area contributed by atoms with Crippen molar-refractivity contribution in [2.45, 2.75) is 13.5 Å². The number of benzene rings is 1. The molecule has 0 amide bonds. The smallest absolute Gasteiger partial charge is 0.161 e. The quantitative estimate of drug-likeness (QED) is 0.746. The fourth-order valence-electron chi connectivity index (χ4n) is 1.62. The number of carbonyl (C=O) groups is 1. The average molecular weight is 257 g/mol. The number of carbonyl (C=O) groups excluding carboxylic acids is 1. The van der Waals surface area contributed by atoms with E-state index in [4.69, 9.17) is 9.47 Å². The van der Waals surface area contributed by atoms with Crippen molar-refractivity contribution < 1.29 is 14.3 Å². The van der Waals surface area contributed by atoms with E-state index in [2.05, 4.69) is 4.98 Å². The number of aromatic nitrogens is 1. The Morgan fingerprint density at radius 1 is 1.16 bits per heavy atom. The van der Waals surface area contributed by atoms with Crippen LogP contribution in [0.2, 0.25) is 0 Å². The number of ether oxygens (including phenoxy) is 2. The minimum Gasteiger partial charge on any atom is -0.490 e. The van der Waals surface area contributed by atoms with Gasteiger partial charge in [-0.2, -0.15) is 0 Å². The molecule has 1 aromatic carbocycles. The third-order valence-electron chi connectivity index (χ3n) is 2.51. The molecule has 0 saturated heterocycles. The van der Waals surface area contributed by atoms with Gasteiger partial charge in [0.25, 0.3) is 0 Å². The van der Waals surface area contributed by atoms with Gasteiger partial charge in [0.05, 0.1) is 12.3 Å². The molecule has 2 aromatic rings. The lowest BCUT2D eigenvalue weighted by Gasteiger charge is -2.11. The van der Waals surface area contributed by atoms with E-state index in [-0.39, 0.29) is 0 Å². The highest BCUT2D eigenvalue weighted by Crippen LogP contribution is 2.28. The van der Waals surface area contributed by atoms with Gasteiger partial charge in [-0.25, -0.2) is 0 Å². The van der Waals surface area contributed by atoms with Crippen LogP contribution in [0.4, 0.5) is 0 Å². The Hall–Kier alpha value is -2.36. The summed E-state index contributed by atoms with van der Waals surface area (Å²) in [6, 6.07) is 10.8. The van der Waals surface area contributed by atoms with Crippen molar-refractivity contribution in [1.82, 2.24) is 4.98 Å². The summed E-state index contributed by atoms with van der Waals surface area (Å²) >= 11 is 0. The highest BCUT2D eigenvalue weighted by atomic mass is 16.5. The molecule has 0 aliphatic rings. The molecule has 98 valence electrons. The molecule has 0 radical (unpaired) electrons. The van der Waals surface area contributed by atoms with Crippen LogP contribution in [0.25, 0.3) is 0 Å². The first-order valence-corrected chi connectivity index (χ1v) is 6.08. The normalized spacial score (nSPS) is 9.95. The summed E-state index contributed by atoms with van der Waals surface area (Å²) in [6.07, 6.45) is 2.50. The average Bonchev–Trinajstić information content (AvgIpc) is 2.47. The molecule has 0 aliphatic heterocycles. The third-order valence-corrected chi connectivity index (χ3v) is 2.51. The van der Waals surface area contributed by atoms with Crippen molar-refractivity contribution in [3.8, 4) is 11.5 Å². The van der Waals surface area contributed by atoms with Crippen molar-refractivity contribution in [2.24, 2.45) is 0 Å². The van der Waals surface area contributed by atoms with Crippen LogP contribution in [0.15, 0.2) is 42.6 Å². The van der Waals surface area contributed by atoms with Crippen LogP contribution in [0, 0.1) is 0 Å². The first-order valence-electron chi connectivity index (χ1n) is 6.08. The predicted octanol–water partition coefficient (Wildman–Crippen LogP) is 2.87. The molecule has 0 atom stereocenters. The standard InChI is InChI=1S/C15H15NO3/c1-2-18-15-9-12(10-17)6-7-14(15)19-11-13-5-3-4-8-16-13/h3-10H,2,11H2,1H3. The van der Waals surface area contributed by atoms with Crippen LogP contribution in [-0.2, 0) is 6.61 Å². The number of rotatable bonds is 6. The fourth-order valence-corrected chi connectivity index (χ4v) is 1.62. The van der Waals surface area contributed by atoms with E-state index in [0.29, 0.717) is 30.3 Å². The largest absolute Gasteiger partial charge is 0.490 e. The number of aldehydes is 1. The molecule has 4 nitrogen and oxygen atoms in total. The van der Waals surface area contributed by atoms with E-state index < -0.39 is 0 Å². The van der Waals surface area contributed by atoms with Crippen LogP contribution < -0.4 is 9.47 Å². The molecule has 1 aromatic heterocycles. The van der Waals surface area contributed by atoms with Crippen LogP contribution in [0.3, 0.4) is 0 Å². The Kier molecular flexibility index (Phi) is 4.50. The summed E-state index contributed by atoms with van der Waals surface area (Å²) in [5.41, 5.74) is 1.40. The molecule has 0 saturated carbocycles. The topological polar surface area (TPSA) is 48.4 Å². The zero-order valence-corrected chi connectivity index (χ0v) is 10.7. The van der Waals surface area contributed by atoms with E-state index in [1.807, 2.05) is 25.1 Å². The van der Waals surface area contributed by atoms with Gasteiger partial charge in [-0.3, -0.25) is 9.78 Å². The lowest BCUT2D eigenvalue weighted by atomic mass is 10.2. The molecular weight excluding hydrogens is 242 g/mol. The number of hydrogen-bond acceptors (Lipinski definition) is 4. The minimum absolute atomic E-state index is 0.362. The summed E-state index contributed by atoms with van der Waals surface area (Å²) in [6.45, 7) is 2.76. The van der Waals surface area contributed by atoms with Crippen molar-refractivity contribution in [1.29, 1.82) is 0 Å². The molecule has 2 rings (SSSR count). The van der Waals surface area contributed by atoms with Gasteiger partial charge >= 0.3 is 0 Å². The van der Waals surface area contributed by atoms with Crippen molar-refractivity contribution in [2.75, 3.05) is 6.61 Å². The monoisotopic (exact) mass is 257 g/mol. The van der Waals surface area contributed by atoms with Gasteiger partial charge in [0, 0.05) is 11.8 Å². The molecule has 19 heavy (non-hydrogen) atoms. The summed E-state index contributed by atoms with van der Waals surface area (Å²) in [7, 11) is 0. The van der Waals surface area contributed by atoms with Gasteiger partial charge in [0.1, 0.15) is 12.9 Å². The summed E-state index contributed by atoms with van der Waals surface area (Å²) < 4.78 is 11.1. The summed E-state index contributed by atoms with van der Waals surface area (Å²) in [4.78, 5) is 14.9. The lowest BCUT2D eigenvalue weighted by molar-refractivity contribution is 0.112. The fraction of sp³-hybridized carbons (Fsp3) is 0.200. The molecule has 0 fully saturated rings. The van der Waals surface area contributed by atoms with Gasteiger partial charge < -0.3 is 9.47 Å². The zero-order valence-electron chi connectivity index (χ0n) is 10.7. The van der Waals surface area contributed by atoms with Gasteiger partial charge in [-0.05, 0) is 37.3 Å². The second-order valence-corrected chi connectivity index (χ2v) is 3.87. The van der Waals surface area contributed by atoms with E-state index in [9.17, 15) is 4.79 Å². The van der Waals surface area contributed by atoms with Crippen molar-refractivity contribution in [3.63, 3.8) is 0 Å². The van der Waals surface area contributed by atoms with E-state index in [0.717, 1.165) is 12.0 Å². The van der Waals surface area contributed by atoms with Crippen molar-refractivity contribution in [3.05, 3.63) is 53.9 Å². The molecule has 0 spiro atoms. The number of hydrogen-bond donors (Lipinski definition) is 0. The molecule has 0 N–H and O–H groups in total. The van der Waals surface area contributed by atoms with Crippen LogP contribution in [0.5, 0.6) is 11.5 Å². The molecule has 1 heterocycles. The maximum atomic E-state index is 10.7. The Morgan fingerprint density at radius 2 is 2.05 bits per heavy atom. The first kappa shape index (κ1) is 13.1. The number of nitrogens with zero attached hydrogens (tertiary/aromatic N) is 1. The SMILES string of the molecule is CCOc1cc(C=O)ccc1OCc1ccccn1. The van der Waals surface area contributed by atoms with Gasteiger partial charge in [0.15, 0.2) is 11.5 Å². The van der Waals surface area contributed by atoms with Gasteiger partial charge in [0.2, 0.25) is 0 Å². The highest BCUT2D eigenvalue weighted by molar-refractivity contribution is 5.76. The Bertz CT molecular complexity index is 540. The van der Waals surface area contributed by atoms with Crippen LogP contribution >= 0.6 is 0 Å². The predicted molar refractivity (Wildman–Crippen MR) is 71.6 cm³/mol. The molecule has 4 heteroatoms. The van der Waals surface area contributed by atoms with E-state index >= 15 is 0 Å². The van der Waals surface area contributed by atoms with Gasteiger partial charge in [-0.1, -0.05) is 6.07 Å². The Balaban J connectivity index is 2.12. The summed E-state index contributed by atoms with van der Waals surface area (Å²) in [5.74, 6) is 1.18. The Morgan fingerprint density at radius 3 is 2.74 bits per heavy atom. The van der Waals surface area contributed by atoms with Gasteiger partial charge in [-0.15, -0.1) is 0 Å². The molecular formula is C15H15NO3. The molecule has 0 unspecified atom stereocenters. The molecule has 0 bridgehead atoms. The van der Waals surface area contributed by atoms with Crippen molar-refractivity contribution >= 4 is 6.29 Å². The zero-order chi connectivity index (χ0) is 13.5. The number of pyridine rings is 1. The van der Waals surface area contributed by atoms with Crippen LogP contribution in [0.1, 0.15) is 23.0 Å². The van der Waals surface area contributed by atoms with E-state index in [1.54, 1.807) is 24.4 Å². The van der Waals surface area contributed by atoms with E-state index in [1.165, 1.54) is 0 Å². The second-order valence-electron chi connectivity index (χ2n) is 3.87. The minimum atomic E-state index is 0.362. The second kappa shape index (κ2) is 6.54. The summed E-state index contributed by atoms with van der Waals surface area (Å²) in [5, 5.41) is 0. The Labute approximate surface area is 112 Å². The highest BCUT2D eigenvalue weighted by Gasteiger charge is 2.06. The first-order chi connectivity index (χ1) is 9.33. The maximum absolute atomic E-state index is 10.7. The molecule has 0 aliphatic carbocycles. The maximum Gasteiger partial charge on any atom is 0.161 e.